The van der Waals surface area contributed by atoms with Gasteiger partial charge in [0.25, 0.3) is 0 Å². The van der Waals surface area contributed by atoms with Gasteiger partial charge in [0, 0.05) is 28.2 Å². The Morgan fingerprint density at radius 2 is 1.80 bits per heavy atom. The minimum atomic E-state index is -0.386. The lowest BCUT2D eigenvalue weighted by Gasteiger charge is -2.31. The fourth-order valence-electron chi connectivity index (χ4n) is 3.78. The van der Waals surface area contributed by atoms with Gasteiger partial charge in [-0.05, 0) is 59.7 Å². The van der Waals surface area contributed by atoms with E-state index in [1.54, 1.807) is 24.3 Å². The first-order valence-corrected chi connectivity index (χ1v) is 10.3. The van der Waals surface area contributed by atoms with Crippen LogP contribution in [0, 0.1) is 5.82 Å². The van der Waals surface area contributed by atoms with Gasteiger partial charge in [-0.2, -0.15) is 0 Å². The van der Waals surface area contributed by atoms with Gasteiger partial charge in [-0.25, -0.2) is 4.39 Å². The molecule has 2 N–H and O–H groups in total. The SMILES string of the molecule is Oc1ccc(Br)cc1C1CC(c2ccc3c(c2)OCO3)=NC(c2ccc(F)cc2)N1. The molecule has 3 aromatic carbocycles. The Balaban J connectivity index is 1.56. The maximum absolute atomic E-state index is 13.4. The minimum absolute atomic E-state index is 0.185. The van der Waals surface area contributed by atoms with Crippen LogP contribution in [0.1, 0.15) is 35.3 Å². The van der Waals surface area contributed by atoms with Crippen LogP contribution in [0.5, 0.6) is 17.2 Å². The zero-order valence-corrected chi connectivity index (χ0v) is 17.4. The first kappa shape index (κ1) is 19.1. The molecule has 0 aliphatic carbocycles. The molecule has 2 heterocycles. The Kier molecular flexibility index (Phi) is 4.92. The predicted molar refractivity (Wildman–Crippen MR) is 115 cm³/mol. The number of halogens is 2. The highest BCUT2D eigenvalue weighted by atomic mass is 79.9. The molecule has 2 aliphatic heterocycles. The van der Waals surface area contributed by atoms with Crippen LogP contribution in [0.4, 0.5) is 4.39 Å². The molecule has 3 aromatic rings. The van der Waals surface area contributed by atoms with Crippen molar-refractivity contribution in [3.05, 3.63) is 87.6 Å². The summed E-state index contributed by atoms with van der Waals surface area (Å²) in [6.07, 6.45) is 0.185. The molecule has 7 heteroatoms. The molecule has 30 heavy (non-hydrogen) atoms. The number of phenolic OH excluding ortho intramolecular Hbond substituents is 1. The summed E-state index contributed by atoms with van der Waals surface area (Å²) in [7, 11) is 0. The van der Waals surface area contributed by atoms with Crippen molar-refractivity contribution in [3.63, 3.8) is 0 Å². The number of aliphatic imine (C=N–C) groups is 1. The van der Waals surface area contributed by atoms with E-state index >= 15 is 0 Å². The van der Waals surface area contributed by atoms with Crippen LogP contribution in [0.2, 0.25) is 0 Å². The monoisotopic (exact) mass is 468 g/mol. The summed E-state index contributed by atoms with van der Waals surface area (Å²) in [5.74, 6) is 1.31. The molecule has 2 unspecified atom stereocenters. The summed E-state index contributed by atoms with van der Waals surface area (Å²) in [4.78, 5) is 4.90. The zero-order chi connectivity index (χ0) is 20.7. The van der Waals surface area contributed by atoms with E-state index < -0.39 is 0 Å². The molecule has 0 saturated carbocycles. The van der Waals surface area contributed by atoms with Crippen molar-refractivity contribution in [2.45, 2.75) is 18.6 Å². The molecule has 0 radical (unpaired) electrons. The summed E-state index contributed by atoms with van der Waals surface area (Å²) in [6.45, 7) is 0.208. The number of nitrogens with one attached hydrogen (secondary N) is 1. The highest BCUT2D eigenvalue weighted by Gasteiger charge is 2.28. The maximum atomic E-state index is 13.4. The van der Waals surface area contributed by atoms with Crippen LogP contribution in [0.3, 0.4) is 0 Å². The van der Waals surface area contributed by atoms with Crippen LogP contribution in [-0.2, 0) is 0 Å². The molecule has 2 aliphatic rings. The fourth-order valence-corrected chi connectivity index (χ4v) is 4.16. The van der Waals surface area contributed by atoms with E-state index in [9.17, 15) is 9.50 Å². The third kappa shape index (κ3) is 3.66. The Hall–Kier alpha value is -2.90. The Morgan fingerprint density at radius 1 is 1.00 bits per heavy atom. The molecule has 5 nitrogen and oxygen atoms in total. The highest BCUT2D eigenvalue weighted by molar-refractivity contribution is 9.10. The Morgan fingerprint density at radius 3 is 2.63 bits per heavy atom. The number of hydrogen-bond acceptors (Lipinski definition) is 5. The fraction of sp³-hybridized carbons (Fsp3) is 0.174. The first-order chi connectivity index (χ1) is 14.6. The van der Waals surface area contributed by atoms with E-state index in [2.05, 4.69) is 21.2 Å². The lowest BCUT2D eigenvalue weighted by Crippen LogP contribution is -2.33. The third-order valence-corrected chi connectivity index (χ3v) is 5.79. The Bertz CT molecular complexity index is 1130. The summed E-state index contributed by atoms with van der Waals surface area (Å²) < 4.78 is 25.3. The summed E-state index contributed by atoms with van der Waals surface area (Å²) in [5.41, 5.74) is 3.40. The van der Waals surface area contributed by atoms with E-state index in [0.717, 1.165) is 26.9 Å². The van der Waals surface area contributed by atoms with Gasteiger partial charge in [-0.3, -0.25) is 10.3 Å². The molecule has 0 fully saturated rings. The number of benzene rings is 3. The largest absolute Gasteiger partial charge is 0.508 e. The molecule has 2 atom stereocenters. The van der Waals surface area contributed by atoms with E-state index in [1.807, 2.05) is 24.3 Å². The van der Waals surface area contributed by atoms with E-state index in [-0.39, 0.29) is 30.6 Å². The van der Waals surface area contributed by atoms with Crippen LogP contribution >= 0.6 is 15.9 Å². The standard InChI is InChI=1S/C23H18BrFN2O3/c24-15-4-7-20(28)17(10-15)19-11-18(14-3-8-21-22(9-14)30-12-29-21)26-23(27-19)13-1-5-16(25)6-2-13/h1-10,19,23,27-28H,11-12H2. The van der Waals surface area contributed by atoms with Gasteiger partial charge in [0.05, 0.1) is 0 Å². The molecule has 0 bridgehead atoms. The second-order valence-corrected chi connectivity index (χ2v) is 8.14. The van der Waals surface area contributed by atoms with Crippen molar-refractivity contribution in [1.29, 1.82) is 0 Å². The quantitative estimate of drug-likeness (QED) is 0.551. The number of fused-ring (bicyclic) bond motifs is 1. The Labute approximate surface area is 181 Å². The summed E-state index contributed by atoms with van der Waals surface area (Å²) >= 11 is 3.48. The van der Waals surface area contributed by atoms with E-state index in [4.69, 9.17) is 14.5 Å². The van der Waals surface area contributed by atoms with Gasteiger partial charge >= 0.3 is 0 Å². The number of rotatable bonds is 3. The van der Waals surface area contributed by atoms with Crippen molar-refractivity contribution in [3.8, 4) is 17.2 Å². The van der Waals surface area contributed by atoms with Crippen molar-refractivity contribution in [1.82, 2.24) is 5.32 Å². The average Bonchev–Trinajstić information content (AvgIpc) is 3.23. The number of ether oxygens (including phenoxy) is 2. The van der Waals surface area contributed by atoms with Gasteiger partial charge in [0.15, 0.2) is 11.5 Å². The van der Waals surface area contributed by atoms with E-state index in [1.165, 1.54) is 12.1 Å². The van der Waals surface area contributed by atoms with Crippen LogP contribution in [0.15, 0.2) is 70.1 Å². The lowest BCUT2D eigenvalue weighted by atomic mass is 9.93. The number of aromatic hydroxyl groups is 1. The average molecular weight is 469 g/mol. The maximum Gasteiger partial charge on any atom is 0.231 e. The van der Waals surface area contributed by atoms with Gasteiger partial charge in [-0.15, -0.1) is 0 Å². The number of nitrogens with zero attached hydrogens (tertiary/aromatic N) is 1. The smallest absolute Gasteiger partial charge is 0.231 e. The predicted octanol–water partition coefficient (Wildman–Crippen LogP) is 5.25. The van der Waals surface area contributed by atoms with Crippen molar-refractivity contribution in [2.24, 2.45) is 4.99 Å². The van der Waals surface area contributed by atoms with Crippen LogP contribution in [-0.4, -0.2) is 17.6 Å². The molecule has 152 valence electrons. The van der Waals surface area contributed by atoms with Crippen molar-refractivity contribution >= 4 is 21.6 Å². The van der Waals surface area contributed by atoms with Crippen molar-refractivity contribution in [2.75, 3.05) is 6.79 Å². The first-order valence-electron chi connectivity index (χ1n) is 9.53. The molecule has 0 saturated heterocycles. The van der Waals surface area contributed by atoms with Gasteiger partial charge in [-0.1, -0.05) is 28.1 Å². The highest BCUT2D eigenvalue weighted by Crippen LogP contribution is 2.38. The second-order valence-electron chi connectivity index (χ2n) is 7.22. The topological polar surface area (TPSA) is 63.1 Å². The molecule has 0 amide bonds. The van der Waals surface area contributed by atoms with E-state index in [0.29, 0.717) is 17.9 Å². The number of hydrogen-bond donors (Lipinski definition) is 2. The molecule has 0 aromatic heterocycles. The molecule has 5 rings (SSSR count). The molecular weight excluding hydrogens is 451 g/mol. The number of phenols is 1. The third-order valence-electron chi connectivity index (χ3n) is 5.30. The molecule has 0 spiro atoms. The lowest BCUT2D eigenvalue weighted by molar-refractivity contribution is 0.174. The molecular formula is C23H18BrFN2O3. The summed E-state index contributed by atoms with van der Waals surface area (Å²) in [5, 5.41) is 14.0. The second kappa shape index (κ2) is 7.74. The summed E-state index contributed by atoms with van der Waals surface area (Å²) in [6, 6.07) is 17.2. The zero-order valence-electron chi connectivity index (χ0n) is 15.8. The normalized spacial score (nSPS) is 20.1. The van der Waals surface area contributed by atoms with Crippen LogP contribution < -0.4 is 14.8 Å². The van der Waals surface area contributed by atoms with Crippen molar-refractivity contribution < 1.29 is 19.0 Å². The van der Waals surface area contributed by atoms with Gasteiger partial charge < -0.3 is 14.6 Å². The van der Waals surface area contributed by atoms with Gasteiger partial charge in [0.2, 0.25) is 6.79 Å². The van der Waals surface area contributed by atoms with Crippen LogP contribution in [0.25, 0.3) is 0 Å². The minimum Gasteiger partial charge on any atom is -0.508 e. The van der Waals surface area contributed by atoms with Gasteiger partial charge in [0.1, 0.15) is 17.7 Å².